The van der Waals surface area contributed by atoms with Crippen LogP contribution in [0.15, 0.2) is 22.7 Å². The van der Waals surface area contributed by atoms with Crippen molar-refractivity contribution in [3.05, 3.63) is 28.5 Å². The maximum Gasteiger partial charge on any atom is 0.249 e. The number of carbonyl (C=O) groups is 2. The van der Waals surface area contributed by atoms with Gasteiger partial charge in [-0.05, 0) is 35.0 Å². The standard InChI is InChI=1S/C12H12BrFN2O2/c1-7-12(18)16(6-5-10(17)15-7)11-8(13)3-2-4-9(11)14/h2-4,7H,5-6H2,1H3,(H,15,17). The largest absolute Gasteiger partial charge is 0.345 e. The molecule has 4 nitrogen and oxygen atoms in total. The van der Waals surface area contributed by atoms with Gasteiger partial charge in [-0.1, -0.05) is 6.07 Å². The van der Waals surface area contributed by atoms with Crippen LogP contribution < -0.4 is 10.2 Å². The average molecular weight is 315 g/mol. The topological polar surface area (TPSA) is 49.4 Å². The first-order chi connectivity index (χ1) is 8.50. The van der Waals surface area contributed by atoms with E-state index in [1.165, 1.54) is 11.0 Å². The van der Waals surface area contributed by atoms with E-state index in [1.54, 1.807) is 19.1 Å². The van der Waals surface area contributed by atoms with Crippen molar-refractivity contribution in [2.24, 2.45) is 0 Å². The first kappa shape index (κ1) is 13.0. The maximum atomic E-state index is 13.8. The molecule has 2 amide bonds. The lowest BCUT2D eigenvalue weighted by molar-refractivity contribution is -0.125. The molecule has 2 rings (SSSR count). The fourth-order valence-electron chi connectivity index (χ4n) is 1.90. The Labute approximate surface area is 112 Å². The van der Waals surface area contributed by atoms with Crippen LogP contribution in [0.1, 0.15) is 13.3 Å². The molecule has 0 bridgehead atoms. The molecule has 1 aromatic carbocycles. The van der Waals surface area contributed by atoms with Gasteiger partial charge in [0.2, 0.25) is 11.8 Å². The molecule has 18 heavy (non-hydrogen) atoms. The Bertz CT molecular complexity index is 487. The summed E-state index contributed by atoms with van der Waals surface area (Å²) in [5.41, 5.74) is 0.186. The third-order valence-corrected chi connectivity index (χ3v) is 3.42. The molecule has 1 atom stereocenters. The quantitative estimate of drug-likeness (QED) is 0.859. The Morgan fingerprint density at radius 3 is 2.83 bits per heavy atom. The van der Waals surface area contributed by atoms with Crippen molar-refractivity contribution in [1.82, 2.24) is 5.32 Å². The van der Waals surface area contributed by atoms with E-state index in [-0.39, 0.29) is 30.5 Å². The summed E-state index contributed by atoms with van der Waals surface area (Å²) in [7, 11) is 0. The highest BCUT2D eigenvalue weighted by Crippen LogP contribution is 2.30. The number of benzene rings is 1. The molecule has 1 unspecified atom stereocenters. The van der Waals surface area contributed by atoms with Gasteiger partial charge in [0, 0.05) is 17.4 Å². The molecule has 6 heteroatoms. The Morgan fingerprint density at radius 2 is 2.17 bits per heavy atom. The summed E-state index contributed by atoms with van der Waals surface area (Å²) >= 11 is 3.23. The van der Waals surface area contributed by atoms with E-state index < -0.39 is 11.9 Å². The summed E-state index contributed by atoms with van der Waals surface area (Å²) in [4.78, 5) is 24.8. The van der Waals surface area contributed by atoms with Gasteiger partial charge in [0.05, 0.1) is 5.69 Å². The number of hydrogen-bond donors (Lipinski definition) is 1. The lowest BCUT2D eigenvalue weighted by Crippen LogP contribution is -2.43. The second-order valence-corrected chi connectivity index (χ2v) is 4.95. The molecule has 1 saturated heterocycles. The van der Waals surface area contributed by atoms with E-state index in [2.05, 4.69) is 21.2 Å². The molecule has 0 aromatic heterocycles. The number of nitrogens with zero attached hydrogens (tertiary/aromatic N) is 1. The van der Waals surface area contributed by atoms with Gasteiger partial charge in [-0.25, -0.2) is 4.39 Å². The lowest BCUT2D eigenvalue weighted by Gasteiger charge is -2.23. The smallest absolute Gasteiger partial charge is 0.249 e. The van der Waals surface area contributed by atoms with E-state index >= 15 is 0 Å². The SMILES string of the molecule is CC1NC(=O)CCN(c2c(F)cccc2Br)C1=O. The third kappa shape index (κ3) is 2.38. The summed E-state index contributed by atoms with van der Waals surface area (Å²) in [6, 6.07) is 3.86. The number of hydrogen-bond acceptors (Lipinski definition) is 2. The number of carbonyl (C=O) groups excluding carboxylic acids is 2. The normalized spacial score (nSPS) is 20.6. The molecule has 1 aliphatic rings. The molecule has 0 radical (unpaired) electrons. The van der Waals surface area contributed by atoms with E-state index in [0.717, 1.165) is 0 Å². The Morgan fingerprint density at radius 1 is 1.44 bits per heavy atom. The van der Waals surface area contributed by atoms with Crippen LogP contribution in [0.25, 0.3) is 0 Å². The molecular weight excluding hydrogens is 303 g/mol. The summed E-state index contributed by atoms with van der Waals surface area (Å²) in [6.45, 7) is 1.77. The molecule has 0 aliphatic carbocycles. The van der Waals surface area contributed by atoms with Crippen molar-refractivity contribution >= 4 is 33.4 Å². The van der Waals surface area contributed by atoms with E-state index in [0.29, 0.717) is 4.47 Å². The summed E-state index contributed by atoms with van der Waals surface area (Å²) < 4.78 is 14.3. The molecule has 1 fully saturated rings. The molecule has 1 N–H and O–H groups in total. The zero-order valence-electron chi connectivity index (χ0n) is 9.74. The van der Waals surface area contributed by atoms with Crippen molar-refractivity contribution in [2.75, 3.05) is 11.4 Å². The number of para-hydroxylation sites is 1. The van der Waals surface area contributed by atoms with Gasteiger partial charge in [-0.3, -0.25) is 9.59 Å². The minimum absolute atomic E-state index is 0.164. The van der Waals surface area contributed by atoms with Crippen LogP contribution >= 0.6 is 15.9 Å². The highest BCUT2D eigenvalue weighted by Gasteiger charge is 2.30. The second-order valence-electron chi connectivity index (χ2n) is 4.10. The van der Waals surface area contributed by atoms with E-state index in [9.17, 15) is 14.0 Å². The van der Waals surface area contributed by atoms with Crippen molar-refractivity contribution in [3.63, 3.8) is 0 Å². The van der Waals surface area contributed by atoms with Gasteiger partial charge < -0.3 is 10.2 Å². The lowest BCUT2D eigenvalue weighted by atomic mass is 10.2. The third-order valence-electron chi connectivity index (χ3n) is 2.78. The van der Waals surface area contributed by atoms with E-state index in [1.807, 2.05) is 0 Å². The zero-order valence-corrected chi connectivity index (χ0v) is 11.3. The predicted molar refractivity (Wildman–Crippen MR) is 68.7 cm³/mol. The Hall–Kier alpha value is -1.43. The van der Waals surface area contributed by atoms with Gasteiger partial charge in [0.1, 0.15) is 11.9 Å². The Kier molecular flexibility index (Phi) is 3.65. The van der Waals surface area contributed by atoms with Crippen LogP contribution in [-0.2, 0) is 9.59 Å². The zero-order chi connectivity index (χ0) is 13.3. The van der Waals surface area contributed by atoms with Crippen molar-refractivity contribution in [1.29, 1.82) is 0 Å². The highest BCUT2D eigenvalue weighted by molar-refractivity contribution is 9.10. The number of rotatable bonds is 1. The van der Waals surface area contributed by atoms with Crippen molar-refractivity contribution in [2.45, 2.75) is 19.4 Å². The van der Waals surface area contributed by atoms with Gasteiger partial charge >= 0.3 is 0 Å². The fraction of sp³-hybridized carbons (Fsp3) is 0.333. The molecular formula is C12H12BrFN2O2. The van der Waals surface area contributed by atoms with Crippen LogP contribution in [0.2, 0.25) is 0 Å². The van der Waals surface area contributed by atoms with Crippen molar-refractivity contribution in [3.8, 4) is 0 Å². The number of amides is 2. The maximum absolute atomic E-state index is 13.8. The predicted octanol–water partition coefficient (Wildman–Crippen LogP) is 1.83. The summed E-state index contributed by atoms with van der Waals surface area (Å²) in [5, 5.41) is 2.56. The first-order valence-electron chi connectivity index (χ1n) is 5.55. The molecule has 1 heterocycles. The summed E-state index contributed by atoms with van der Waals surface area (Å²) in [6.07, 6.45) is 0.164. The van der Waals surface area contributed by atoms with Crippen molar-refractivity contribution < 1.29 is 14.0 Å². The van der Waals surface area contributed by atoms with Crippen LogP contribution in [0, 0.1) is 5.82 Å². The Balaban J connectivity index is 2.42. The average Bonchev–Trinajstić information content (AvgIpc) is 2.42. The van der Waals surface area contributed by atoms with Crippen LogP contribution in [0.5, 0.6) is 0 Å². The van der Waals surface area contributed by atoms with Crippen LogP contribution in [0.4, 0.5) is 10.1 Å². The van der Waals surface area contributed by atoms with Gasteiger partial charge in [0.15, 0.2) is 0 Å². The van der Waals surface area contributed by atoms with E-state index in [4.69, 9.17) is 0 Å². The summed E-state index contributed by atoms with van der Waals surface area (Å²) in [5.74, 6) is -1.00. The minimum Gasteiger partial charge on any atom is -0.345 e. The first-order valence-corrected chi connectivity index (χ1v) is 6.34. The molecule has 1 aromatic rings. The highest BCUT2D eigenvalue weighted by atomic mass is 79.9. The number of halogens is 2. The van der Waals surface area contributed by atoms with Gasteiger partial charge in [-0.15, -0.1) is 0 Å². The molecule has 0 spiro atoms. The molecule has 96 valence electrons. The fourth-order valence-corrected chi connectivity index (χ4v) is 2.46. The second kappa shape index (κ2) is 5.06. The van der Waals surface area contributed by atoms with Gasteiger partial charge in [-0.2, -0.15) is 0 Å². The number of nitrogens with one attached hydrogen (secondary N) is 1. The monoisotopic (exact) mass is 314 g/mol. The number of anilines is 1. The van der Waals surface area contributed by atoms with Crippen LogP contribution in [-0.4, -0.2) is 24.4 Å². The molecule has 1 aliphatic heterocycles. The minimum atomic E-state index is -0.647. The van der Waals surface area contributed by atoms with Gasteiger partial charge in [0.25, 0.3) is 0 Å². The van der Waals surface area contributed by atoms with Crippen LogP contribution in [0.3, 0.4) is 0 Å². The molecule has 0 saturated carbocycles.